The molecule has 2 rings (SSSR count). The normalized spacial score (nSPS) is 13.1. The molecule has 3 amide bonds. The molecule has 0 saturated carbocycles. The monoisotopic (exact) mass is 400 g/mol. The van der Waals surface area contributed by atoms with E-state index in [2.05, 4.69) is 10.3 Å². The molecule has 28 heavy (non-hydrogen) atoms. The van der Waals surface area contributed by atoms with Crippen molar-refractivity contribution in [3.8, 4) is 0 Å². The number of hydrogen-bond donors (Lipinski definition) is 2. The lowest BCUT2D eigenvalue weighted by Gasteiger charge is -2.20. The molecule has 8 heteroatoms. The lowest BCUT2D eigenvalue weighted by Crippen LogP contribution is -2.47. The van der Waals surface area contributed by atoms with Gasteiger partial charge in [-0.1, -0.05) is 38.5 Å². The molecule has 7 nitrogen and oxygen atoms in total. The number of amides is 3. The van der Waals surface area contributed by atoms with E-state index in [1.54, 1.807) is 5.38 Å². The summed E-state index contributed by atoms with van der Waals surface area (Å²) < 4.78 is 0. The second kappa shape index (κ2) is 9.80. The highest BCUT2D eigenvalue weighted by molar-refractivity contribution is 7.14. The summed E-state index contributed by atoms with van der Waals surface area (Å²) in [6.45, 7) is 5.25. The molecule has 1 aromatic heterocycles. The number of rotatable bonds is 8. The summed E-state index contributed by atoms with van der Waals surface area (Å²) in [6, 6.07) is 8.48. The van der Waals surface area contributed by atoms with Crippen molar-refractivity contribution in [1.29, 1.82) is 0 Å². The van der Waals surface area contributed by atoms with Gasteiger partial charge in [0.1, 0.15) is 6.04 Å². The fraction of sp³-hybridized carbons (Fsp3) is 0.300. The number of aromatic nitrogens is 1. The zero-order valence-corrected chi connectivity index (χ0v) is 16.9. The van der Waals surface area contributed by atoms with Gasteiger partial charge in [-0.2, -0.15) is 0 Å². The summed E-state index contributed by atoms with van der Waals surface area (Å²) in [5.41, 5.74) is 6.62. The first-order valence-corrected chi connectivity index (χ1v) is 9.80. The quantitative estimate of drug-likeness (QED) is 0.665. The van der Waals surface area contributed by atoms with Crippen LogP contribution in [-0.4, -0.2) is 28.7 Å². The van der Waals surface area contributed by atoms with Crippen molar-refractivity contribution in [2.75, 3.05) is 4.90 Å². The number of thiazole rings is 1. The average molecular weight is 401 g/mol. The Bertz CT molecular complexity index is 863. The van der Waals surface area contributed by atoms with Crippen molar-refractivity contribution in [3.63, 3.8) is 0 Å². The van der Waals surface area contributed by atoms with Gasteiger partial charge in [-0.15, -0.1) is 11.3 Å². The van der Waals surface area contributed by atoms with Crippen LogP contribution >= 0.6 is 11.3 Å². The Morgan fingerprint density at radius 1 is 1.29 bits per heavy atom. The standard InChI is InChI=1S/C20H24N4O3S/c1-4-13(2)18(19(21)27)23-17(26)11-10-15-12-28-20(22-15)24(14(3)25)16-8-6-5-7-9-16/h5-13,18H,4H2,1-3H3,(H2,21,27)(H,23,26). The number of nitrogens with one attached hydrogen (secondary N) is 1. The molecule has 0 aliphatic rings. The first-order valence-electron chi connectivity index (χ1n) is 8.92. The maximum absolute atomic E-state index is 12.1. The Hall–Kier alpha value is -3.00. The Morgan fingerprint density at radius 3 is 2.54 bits per heavy atom. The molecule has 0 radical (unpaired) electrons. The third-order valence-electron chi connectivity index (χ3n) is 4.25. The summed E-state index contributed by atoms with van der Waals surface area (Å²) in [6.07, 6.45) is 3.55. The Kier molecular flexibility index (Phi) is 7.45. The van der Waals surface area contributed by atoms with Gasteiger partial charge in [0, 0.05) is 18.4 Å². The van der Waals surface area contributed by atoms with Gasteiger partial charge in [0.2, 0.25) is 17.7 Å². The van der Waals surface area contributed by atoms with Crippen LogP contribution in [0.1, 0.15) is 32.9 Å². The number of primary amides is 1. The number of anilines is 2. The lowest BCUT2D eigenvalue weighted by molar-refractivity contribution is -0.126. The van der Waals surface area contributed by atoms with Crippen LogP contribution in [0.5, 0.6) is 0 Å². The number of benzene rings is 1. The van der Waals surface area contributed by atoms with Crippen molar-refractivity contribution in [2.45, 2.75) is 33.2 Å². The lowest BCUT2D eigenvalue weighted by atomic mass is 9.98. The molecule has 1 aromatic carbocycles. The van der Waals surface area contributed by atoms with Crippen LogP contribution < -0.4 is 16.0 Å². The molecule has 0 bridgehead atoms. The Balaban J connectivity index is 2.12. The number of nitrogens with zero attached hydrogens (tertiary/aromatic N) is 2. The SMILES string of the molecule is CCC(C)C(NC(=O)C=Cc1csc(N(C(C)=O)c2ccccc2)n1)C(N)=O. The molecule has 0 aliphatic heterocycles. The van der Waals surface area contributed by atoms with Crippen LogP contribution in [0.25, 0.3) is 6.08 Å². The fourth-order valence-corrected chi connectivity index (χ4v) is 3.41. The molecule has 0 saturated heterocycles. The first kappa shape index (κ1) is 21.3. The van der Waals surface area contributed by atoms with Gasteiger partial charge in [-0.3, -0.25) is 19.3 Å². The summed E-state index contributed by atoms with van der Waals surface area (Å²) >= 11 is 1.30. The van der Waals surface area contributed by atoms with Gasteiger partial charge in [0.15, 0.2) is 5.13 Å². The first-order chi connectivity index (χ1) is 13.3. The number of nitrogens with two attached hydrogens (primary N) is 1. The van der Waals surface area contributed by atoms with Crippen molar-refractivity contribution in [2.24, 2.45) is 11.7 Å². The minimum atomic E-state index is -0.723. The van der Waals surface area contributed by atoms with E-state index in [0.29, 0.717) is 17.2 Å². The van der Waals surface area contributed by atoms with Crippen molar-refractivity contribution in [3.05, 3.63) is 47.5 Å². The van der Waals surface area contributed by atoms with E-state index >= 15 is 0 Å². The third-order valence-corrected chi connectivity index (χ3v) is 5.10. The van der Waals surface area contributed by atoms with E-state index in [1.165, 1.54) is 35.3 Å². The molecular weight excluding hydrogens is 376 g/mol. The number of hydrogen-bond acceptors (Lipinski definition) is 5. The molecule has 0 spiro atoms. The molecule has 2 aromatic rings. The van der Waals surface area contributed by atoms with Crippen LogP contribution in [0.3, 0.4) is 0 Å². The topological polar surface area (TPSA) is 105 Å². The maximum atomic E-state index is 12.1. The smallest absolute Gasteiger partial charge is 0.244 e. The van der Waals surface area contributed by atoms with Crippen LogP contribution in [-0.2, 0) is 14.4 Å². The largest absolute Gasteiger partial charge is 0.368 e. The second-order valence-electron chi connectivity index (χ2n) is 6.35. The van der Waals surface area contributed by atoms with Gasteiger partial charge >= 0.3 is 0 Å². The van der Waals surface area contributed by atoms with E-state index < -0.39 is 17.9 Å². The van der Waals surface area contributed by atoms with E-state index in [0.717, 1.165) is 5.69 Å². The minimum absolute atomic E-state index is 0.0595. The molecule has 3 N–H and O–H groups in total. The van der Waals surface area contributed by atoms with Crippen LogP contribution in [0.15, 0.2) is 41.8 Å². The van der Waals surface area contributed by atoms with Gasteiger partial charge in [0.05, 0.1) is 11.4 Å². The summed E-state index contributed by atoms with van der Waals surface area (Å²) in [7, 11) is 0. The Morgan fingerprint density at radius 2 is 1.96 bits per heavy atom. The summed E-state index contributed by atoms with van der Waals surface area (Å²) in [5.74, 6) is -1.21. The van der Waals surface area contributed by atoms with Gasteiger partial charge in [0.25, 0.3) is 0 Å². The van der Waals surface area contributed by atoms with Crippen LogP contribution in [0, 0.1) is 5.92 Å². The van der Waals surface area contributed by atoms with Crippen LogP contribution in [0.2, 0.25) is 0 Å². The van der Waals surface area contributed by atoms with Crippen molar-refractivity contribution >= 4 is 46.0 Å². The summed E-state index contributed by atoms with van der Waals surface area (Å²) in [4.78, 5) is 41.6. The van der Waals surface area contributed by atoms with Gasteiger partial charge in [-0.25, -0.2) is 4.98 Å². The highest BCUT2D eigenvalue weighted by Crippen LogP contribution is 2.28. The maximum Gasteiger partial charge on any atom is 0.244 e. The number of carbonyl (C=O) groups excluding carboxylic acids is 3. The zero-order chi connectivity index (χ0) is 20.7. The van der Waals surface area contributed by atoms with Crippen molar-refractivity contribution < 1.29 is 14.4 Å². The molecule has 1 heterocycles. The van der Waals surface area contributed by atoms with Gasteiger partial charge < -0.3 is 11.1 Å². The van der Waals surface area contributed by atoms with E-state index in [1.807, 2.05) is 44.2 Å². The molecular formula is C20H24N4O3S. The highest BCUT2D eigenvalue weighted by atomic mass is 32.1. The summed E-state index contributed by atoms with van der Waals surface area (Å²) in [5, 5.41) is 4.88. The van der Waals surface area contributed by atoms with E-state index in [9.17, 15) is 14.4 Å². The number of carbonyl (C=O) groups is 3. The van der Waals surface area contributed by atoms with E-state index in [-0.39, 0.29) is 11.8 Å². The predicted molar refractivity (Wildman–Crippen MR) is 111 cm³/mol. The van der Waals surface area contributed by atoms with Crippen molar-refractivity contribution in [1.82, 2.24) is 10.3 Å². The molecule has 148 valence electrons. The molecule has 2 atom stereocenters. The average Bonchev–Trinajstić information content (AvgIpc) is 3.12. The zero-order valence-electron chi connectivity index (χ0n) is 16.1. The minimum Gasteiger partial charge on any atom is -0.368 e. The van der Waals surface area contributed by atoms with E-state index in [4.69, 9.17) is 5.73 Å². The predicted octanol–water partition coefficient (Wildman–Crippen LogP) is 2.86. The molecule has 0 fully saturated rings. The number of para-hydroxylation sites is 1. The second-order valence-corrected chi connectivity index (χ2v) is 7.19. The fourth-order valence-electron chi connectivity index (χ4n) is 2.55. The third kappa shape index (κ3) is 5.50. The van der Waals surface area contributed by atoms with Gasteiger partial charge in [-0.05, 0) is 24.1 Å². The molecule has 0 aliphatic carbocycles. The van der Waals surface area contributed by atoms with Crippen LogP contribution in [0.4, 0.5) is 10.8 Å². The highest BCUT2D eigenvalue weighted by Gasteiger charge is 2.22. The Labute approximate surface area is 168 Å². The molecule has 2 unspecified atom stereocenters.